The Hall–Kier alpha value is -1.91. The molecule has 2 aromatic carbocycles. The normalized spacial score (nSPS) is 14.2. The van der Waals surface area contributed by atoms with Crippen molar-refractivity contribution in [3.63, 3.8) is 0 Å². The zero-order valence-electron chi connectivity index (χ0n) is 17.7. The van der Waals surface area contributed by atoms with E-state index in [1.54, 1.807) is 36.4 Å². The molecule has 0 atom stereocenters. The molecule has 5 heteroatoms. The molecule has 0 unspecified atom stereocenters. The average molecular weight is 434 g/mol. The maximum absolute atomic E-state index is 12.9. The van der Waals surface area contributed by atoms with Crippen LogP contribution in [-0.2, 0) is 0 Å². The third-order valence-electron chi connectivity index (χ3n) is 5.55. The molecule has 1 aliphatic rings. The maximum atomic E-state index is 12.9. The Labute approximate surface area is 186 Å². The predicted octanol–water partition coefficient (Wildman–Crippen LogP) is 7.05. The number of halogens is 2. The van der Waals surface area contributed by atoms with Crippen molar-refractivity contribution in [1.82, 2.24) is 4.90 Å². The summed E-state index contributed by atoms with van der Waals surface area (Å²) in [5.41, 5.74) is 0.724. The number of carbonyl (C=O) groups excluding carboxylic acids is 1. The highest BCUT2D eigenvalue weighted by atomic mass is 35.5. The summed E-state index contributed by atoms with van der Waals surface area (Å²) in [5.74, 6) is 1.11. The highest BCUT2D eigenvalue weighted by molar-refractivity contribution is 5.96. The first kappa shape index (κ1) is 24.4. The van der Waals surface area contributed by atoms with Gasteiger partial charge in [-0.15, -0.1) is 12.4 Å². The molecule has 3 rings (SSSR count). The van der Waals surface area contributed by atoms with Crippen molar-refractivity contribution in [2.24, 2.45) is 0 Å². The lowest BCUT2D eigenvalue weighted by Crippen LogP contribution is -2.30. The first-order valence-corrected chi connectivity index (χ1v) is 11.0. The lowest BCUT2D eigenvalue weighted by Gasteiger charge is -2.26. The smallest absolute Gasteiger partial charge is 0.162 e. The standard InChI is InChI=1S/C25H32FNO2.ClH/c26-22-12-16-24(17-13-22)29-23-14-10-21(11-15-23)25(28)9-5-2-1-3-6-18-27-19-7-4-8-20-27;/h10-17H,1-9,18-20H2;1H. The number of hydrogen-bond donors (Lipinski definition) is 0. The number of Topliss-reactive ketones (excluding diaryl/α,β-unsaturated/α-hetero) is 1. The van der Waals surface area contributed by atoms with Crippen LogP contribution in [0, 0.1) is 5.82 Å². The van der Waals surface area contributed by atoms with Crippen molar-refractivity contribution in [1.29, 1.82) is 0 Å². The Morgan fingerprint density at radius 2 is 1.37 bits per heavy atom. The van der Waals surface area contributed by atoms with Crippen LogP contribution in [0.2, 0.25) is 0 Å². The van der Waals surface area contributed by atoms with Gasteiger partial charge in [0.15, 0.2) is 5.78 Å². The third kappa shape index (κ3) is 8.45. The van der Waals surface area contributed by atoms with Crippen molar-refractivity contribution in [2.45, 2.75) is 57.8 Å². The van der Waals surface area contributed by atoms with Gasteiger partial charge in [0.25, 0.3) is 0 Å². The second-order valence-corrected chi connectivity index (χ2v) is 7.92. The van der Waals surface area contributed by atoms with Crippen molar-refractivity contribution in [2.75, 3.05) is 19.6 Å². The number of likely N-dealkylation sites (tertiary alicyclic amines) is 1. The van der Waals surface area contributed by atoms with E-state index < -0.39 is 0 Å². The van der Waals surface area contributed by atoms with Crippen LogP contribution in [0.3, 0.4) is 0 Å². The molecule has 0 bridgehead atoms. The molecule has 0 radical (unpaired) electrons. The summed E-state index contributed by atoms with van der Waals surface area (Å²) < 4.78 is 18.6. The summed E-state index contributed by atoms with van der Waals surface area (Å²) in [6.45, 7) is 3.80. The van der Waals surface area contributed by atoms with Gasteiger partial charge >= 0.3 is 0 Å². The molecular weight excluding hydrogens is 401 g/mol. The minimum atomic E-state index is -0.291. The topological polar surface area (TPSA) is 29.5 Å². The first-order valence-electron chi connectivity index (χ1n) is 11.0. The number of piperidine rings is 1. The third-order valence-corrected chi connectivity index (χ3v) is 5.55. The van der Waals surface area contributed by atoms with Crippen LogP contribution in [0.15, 0.2) is 48.5 Å². The quantitative estimate of drug-likeness (QED) is 0.281. The molecule has 0 N–H and O–H groups in total. The van der Waals surface area contributed by atoms with Crippen molar-refractivity contribution >= 4 is 18.2 Å². The van der Waals surface area contributed by atoms with Gasteiger partial charge in [0.2, 0.25) is 0 Å². The minimum absolute atomic E-state index is 0. The van der Waals surface area contributed by atoms with E-state index in [9.17, 15) is 9.18 Å². The second kappa shape index (κ2) is 13.4. The van der Waals surface area contributed by atoms with E-state index in [1.807, 2.05) is 0 Å². The van der Waals surface area contributed by atoms with Gasteiger partial charge in [0, 0.05) is 12.0 Å². The number of hydrogen-bond acceptors (Lipinski definition) is 3. The highest BCUT2D eigenvalue weighted by Gasteiger charge is 2.09. The number of rotatable bonds is 11. The summed E-state index contributed by atoms with van der Waals surface area (Å²) in [7, 11) is 0. The molecule has 3 nitrogen and oxygen atoms in total. The molecule has 164 valence electrons. The molecule has 1 fully saturated rings. The van der Waals surface area contributed by atoms with Gasteiger partial charge in [0.05, 0.1) is 0 Å². The van der Waals surface area contributed by atoms with Crippen LogP contribution >= 0.6 is 12.4 Å². The van der Waals surface area contributed by atoms with Crippen molar-refractivity contribution < 1.29 is 13.9 Å². The van der Waals surface area contributed by atoms with E-state index in [4.69, 9.17) is 4.74 Å². The van der Waals surface area contributed by atoms with E-state index in [1.165, 1.54) is 70.3 Å². The maximum Gasteiger partial charge on any atom is 0.162 e. The van der Waals surface area contributed by atoms with Gasteiger partial charge in [-0.2, -0.15) is 0 Å². The van der Waals surface area contributed by atoms with Gasteiger partial charge in [0.1, 0.15) is 17.3 Å². The van der Waals surface area contributed by atoms with Crippen LogP contribution in [0.1, 0.15) is 68.1 Å². The van der Waals surface area contributed by atoms with Gasteiger partial charge < -0.3 is 9.64 Å². The number of ketones is 1. The fraction of sp³-hybridized carbons (Fsp3) is 0.480. The van der Waals surface area contributed by atoms with Gasteiger partial charge in [-0.25, -0.2) is 4.39 Å². The van der Waals surface area contributed by atoms with Gasteiger partial charge in [-0.3, -0.25) is 4.79 Å². The Morgan fingerprint density at radius 1 is 0.800 bits per heavy atom. The lowest BCUT2D eigenvalue weighted by atomic mass is 10.0. The number of unbranched alkanes of at least 4 members (excludes halogenated alkanes) is 4. The SMILES string of the molecule is Cl.O=C(CCCCCCCN1CCCCC1)c1ccc(Oc2ccc(F)cc2)cc1. The monoisotopic (exact) mass is 433 g/mol. The molecule has 1 aliphatic heterocycles. The molecule has 0 saturated carbocycles. The Balaban J connectivity index is 0.00000320. The summed E-state index contributed by atoms with van der Waals surface area (Å²) in [4.78, 5) is 15.0. The molecule has 0 spiro atoms. The van der Waals surface area contributed by atoms with E-state index in [0.717, 1.165) is 18.4 Å². The van der Waals surface area contributed by atoms with Crippen LogP contribution in [0.4, 0.5) is 4.39 Å². The number of nitrogens with zero attached hydrogens (tertiary/aromatic N) is 1. The molecule has 0 aromatic heterocycles. The average Bonchev–Trinajstić information content (AvgIpc) is 2.76. The Bertz CT molecular complexity index is 743. The lowest BCUT2D eigenvalue weighted by molar-refractivity contribution is 0.0979. The second-order valence-electron chi connectivity index (χ2n) is 7.92. The molecule has 0 aliphatic carbocycles. The molecule has 0 amide bonds. The molecular formula is C25H33ClFNO2. The summed E-state index contributed by atoms with van der Waals surface area (Å²) in [5, 5.41) is 0. The first-order chi connectivity index (χ1) is 14.2. The highest BCUT2D eigenvalue weighted by Crippen LogP contribution is 2.22. The van der Waals surface area contributed by atoms with Gasteiger partial charge in [-0.1, -0.05) is 25.7 Å². The fourth-order valence-electron chi connectivity index (χ4n) is 3.83. The van der Waals surface area contributed by atoms with Gasteiger partial charge in [-0.05, 0) is 93.8 Å². The summed E-state index contributed by atoms with van der Waals surface area (Å²) in [6, 6.07) is 13.1. The molecule has 1 saturated heterocycles. The van der Waals surface area contributed by atoms with Crippen LogP contribution < -0.4 is 4.74 Å². The minimum Gasteiger partial charge on any atom is -0.457 e. The van der Waals surface area contributed by atoms with Crippen molar-refractivity contribution in [3.8, 4) is 11.5 Å². The van der Waals surface area contributed by atoms with E-state index in [2.05, 4.69) is 4.90 Å². The Morgan fingerprint density at radius 3 is 2.03 bits per heavy atom. The number of carbonyl (C=O) groups is 1. The zero-order valence-corrected chi connectivity index (χ0v) is 18.5. The number of benzene rings is 2. The van der Waals surface area contributed by atoms with E-state index in [-0.39, 0.29) is 24.0 Å². The summed E-state index contributed by atoms with van der Waals surface area (Å²) >= 11 is 0. The van der Waals surface area contributed by atoms with E-state index >= 15 is 0 Å². The zero-order chi connectivity index (χ0) is 20.3. The van der Waals surface area contributed by atoms with Crippen LogP contribution in [0.5, 0.6) is 11.5 Å². The van der Waals surface area contributed by atoms with Crippen LogP contribution in [0.25, 0.3) is 0 Å². The molecule has 30 heavy (non-hydrogen) atoms. The Kier molecular flexibility index (Phi) is 10.9. The van der Waals surface area contributed by atoms with Crippen LogP contribution in [-0.4, -0.2) is 30.3 Å². The number of ether oxygens (including phenoxy) is 1. The summed E-state index contributed by atoms with van der Waals surface area (Å²) in [6.07, 6.45) is 10.6. The molecule has 2 aromatic rings. The largest absolute Gasteiger partial charge is 0.457 e. The van der Waals surface area contributed by atoms with E-state index in [0.29, 0.717) is 17.9 Å². The predicted molar refractivity (Wildman–Crippen MR) is 122 cm³/mol. The fourth-order valence-corrected chi connectivity index (χ4v) is 3.83. The molecule has 1 heterocycles. The van der Waals surface area contributed by atoms with Crippen molar-refractivity contribution in [3.05, 3.63) is 59.9 Å².